The van der Waals surface area contributed by atoms with E-state index in [2.05, 4.69) is 15.1 Å². The molecule has 1 aromatic heterocycles. The molecule has 0 atom stereocenters. The van der Waals surface area contributed by atoms with E-state index in [9.17, 15) is 22.8 Å². The minimum atomic E-state index is -3.81. The fraction of sp³-hybridized carbons (Fsp3) is 0.160. The fourth-order valence-electron chi connectivity index (χ4n) is 3.73. The lowest BCUT2D eigenvalue weighted by Gasteiger charge is -2.13. The SMILES string of the molecule is Cc1cccc(C)c1NS(=O)(=O)c1ccc(NC(=O)CCn2[nH]c(=O)c3ccccc3c2=O)cc1. The van der Waals surface area contributed by atoms with Gasteiger partial charge in [0.1, 0.15) is 0 Å². The van der Waals surface area contributed by atoms with Crippen LogP contribution in [0.2, 0.25) is 0 Å². The maximum absolute atomic E-state index is 12.8. The van der Waals surface area contributed by atoms with E-state index in [1.54, 1.807) is 24.3 Å². The molecule has 1 heterocycles. The first-order valence-corrected chi connectivity index (χ1v) is 12.3. The van der Waals surface area contributed by atoms with Crippen molar-refractivity contribution in [2.24, 2.45) is 0 Å². The maximum atomic E-state index is 12.8. The first-order chi connectivity index (χ1) is 16.7. The zero-order valence-corrected chi connectivity index (χ0v) is 20.0. The van der Waals surface area contributed by atoms with E-state index < -0.39 is 21.5 Å². The molecule has 3 N–H and O–H groups in total. The molecule has 0 fully saturated rings. The molecular weight excluding hydrogens is 468 g/mol. The van der Waals surface area contributed by atoms with Crippen LogP contribution in [0, 0.1) is 13.8 Å². The fourth-order valence-corrected chi connectivity index (χ4v) is 4.93. The summed E-state index contributed by atoms with van der Waals surface area (Å²) in [4.78, 5) is 37.2. The quantitative estimate of drug-likeness (QED) is 0.365. The van der Waals surface area contributed by atoms with Gasteiger partial charge in [-0.25, -0.2) is 13.1 Å². The number of hydrogen-bond acceptors (Lipinski definition) is 5. The zero-order valence-electron chi connectivity index (χ0n) is 19.2. The number of amides is 1. The van der Waals surface area contributed by atoms with Crippen LogP contribution >= 0.6 is 0 Å². The number of aromatic nitrogens is 2. The summed E-state index contributed by atoms with van der Waals surface area (Å²) in [5.41, 5.74) is 1.76. The molecule has 3 aromatic carbocycles. The van der Waals surface area contributed by atoms with Crippen LogP contribution in [0.15, 0.2) is 81.2 Å². The summed E-state index contributed by atoms with van der Waals surface area (Å²) in [5, 5.41) is 5.73. The number of nitrogens with one attached hydrogen (secondary N) is 3. The number of aromatic amines is 1. The number of H-pyrrole nitrogens is 1. The van der Waals surface area contributed by atoms with Crippen LogP contribution in [-0.4, -0.2) is 24.1 Å². The van der Waals surface area contributed by atoms with E-state index >= 15 is 0 Å². The Morgan fingerprint density at radius 2 is 1.51 bits per heavy atom. The second kappa shape index (κ2) is 9.59. The van der Waals surface area contributed by atoms with Crippen LogP contribution in [0.4, 0.5) is 11.4 Å². The molecule has 0 unspecified atom stereocenters. The molecule has 0 aliphatic carbocycles. The number of hydrogen-bond donors (Lipinski definition) is 3. The summed E-state index contributed by atoms with van der Waals surface area (Å²) in [7, 11) is -3.81. The van der Waals surface area contributed by atoms with Gasteiger partial charge in [-0.3, -0.25) is 24.2 Å². The molecule has 4 rings (SSSR count). The molecule has 9 nitrogen and oxygen atoms in total. The Bertz CT molecular complexity index is 1620. The Balaban J connectivity index is 1.42. The number of anilines is 2. The predicted molar refractivity (Wildman–Crippen MR) is 135 cm³/mol. The molecule has 0 aliphatic heterocycles. The van der Waals surface area contributed by atoms with E-state index in [-0.39, 0.29) is 28.8 Å². The number of sulfonamides is 1. The number of benzene rings is 3. The van der Waals surface area contributed by atoms with E-state index in [0.717, 1.165) is 15.8 Å². The molecule has 0 saturated carbocycles. The van der Waals surface area contributed by atoms with E-state index in [0.29, 0.717) is 16.8 Å². The number of nitrogens with zero attached hydrogens (tertiary/aromatic N) is 1. The van der Waals surface area contributed by atoms with Crippen LogP contribution in [0.25, 0.3) is 10.8 Å². The van der Waals surface area contributed by atoms with Crippen molar-refractivity contribution < 1.29 is 13.2 Å². The van der Waals surface area contributed by atoms with Gasteiger partial charge in [0.25, 0.3) is 21.1 Å². The molecule has 0 radical (unpaired) electrons. The van der Waals surface area contributed by atoms with Crippen molar-refractivity contribution in [3.63, 3.8) is 0 Å². The van der Waals surface area contributed by atoms with Crippen molar-refractivity contribution in [1.82, 2.24) is 9.78 Å². The lowest BCUT2D eigenvalue weighted by molar-refractivity contribution is -0.116. The number of rotatable bonds is 7. The highest BCUT2D eigenvalue weighted by Gasteiger charge is 2.17. The largest absolute Gasteiger partial charge is 0.326 e. The smallest absolute Gasteiger partial charge is 0.273 e. The minimum absolute atomic E-state index is 0.0170. The summed E-state index contributed by atoms with van der Waals surface area (Å²) in [6.07, 6.45) is -0.0671. The number of aryl methyl sites for hydroxylation is 3. The summed E-state index contributed by atoms with van der Waals surface area (Å²) in [6.45, 7) is 3.63. The summed E-state index contributed by atoms with van der Waals surface area (Å²) in [6, 6.07) is 17.7. The topological polar surface area (TPSA) is 130 Å². The third kappa shape index (κ3) is 5.17. The number of carbonyl (C=O) groups is 1. The average Bonchev–Trinajstić information content (AvgIpc) is 2.83. The highest BCUT2D eigenvalue weighted by atomic mass is 32.2. The third-order valence-corrected chi connectivity index (χ3v) is 6.98. The monoisotopic (exact) mass is 492 g/mol. The molecule has 1 amide bonds. The highest BCUT2D eigenvalue weighted by molar-refractivity contribution is 7.92. The van der Waals surface area contributed by atoms with Crippen LogP contribution in [0.1, 0.15) is 17.5 Å². The number of carbonyl (C=O) groups excluding carboxylic acids is 1. The van der Waals surface area contributed by atoms with Crippen molar-refractivity contribution >= 4 is 38.1 Å². The summed E-state index contributed by atoms with van der Waals surface area (Å²) < 4.78 is 29.3. The normalized spacial score (nSPS) is 11.4. The Labute approximate surface area is 201 Å². The Morgan fingerprint density at radius 1 is 0.886 bits per heavy atom. The number of para-hydroxylation sites is 1. The van der Waals surface area contributed by atoms with E-state index in [1.807, 2.05) is 32.0 Å². The van der Waals surface area contributed by atoms with Gasteiger partial charge in [0.2, 0.25) is 5.91 Å². The Kier molecular flexibility index (Phi) is 6.57. The maximum Gasteiger partial charge on any atom is 0.273 e. The predicted octanol–water partition coefficient (Wildman–Crippen LogP) is 3.14. The number of fused-ring (bicyclic) bond motifs is 1. The van der Waals surface area contributed by atoms with Gasteiger partial charge in [-0.1, -0.05) is 30.3 Å². The first kappa shape index (κ1) is 24.0. The molecule has 10 heteroatoms. The van der Waals surface area contributed by atoms with Crippen molar-refractivity contribution in [1.29, 1.82) is 0 Å². The standard InChI is InChI=1S/C25H24N4O5S/c1-16-6-5-7-17(2)23(16)28-35(33,34)19-12-10-18(11-13-19)26-22(30)14-15-29-25(32)21-9-4-3-8-20(21)24(31)27-29/h3-13,28H,14-15H2,1-2H3,(H,26,30)(H,27,31). The molecule has 35 heavy (non-hydrogen) atoms. The van der Waals surface area contributed by atoms with Gasteiger partial charge in [0, 0.05) is 12.1 Å². The second-order valence-corrected chi connectivity index (χ2v) is 9.82. The molecular formula is C25H24N4O5S. The summed E-state index contributed by atoms with van der Waals surface area (Å²) >= 11 is 0. The van der Waals surface area contributed by atoms with Crippen molar-refractivity contribution in [2.75, 3.05) is 10.0 Å². The van der Waals surface area contributed by atoms with Crippen molar-refractivity contribution in [2.45, 2.75) is 31.7 Å². The average molecular weight is 493 g/mol. The van der Waals surface area contributed by atoms with E-state index in [1.165, 1.54) is 24.3 Å². The van der Waals surface area contributed by atoms with Crippen LogP contribution in [-0.2, 0) is 21.4 Å². The molecule has 0 saturated heterocycles. The lowest BCUT2D eigenvalue weighted by atomic mass is 10.1. The molecule has 0 aliphatic rings. The molecule has 180 valence electrons. The van der Waals surface area contributed by atoms with Crippen LogP contribution in [0.5, 0.6) is 0 Å². The van der Waals surface area contributed by atoms with Crippen molar-refractivity contribution in [3.8, 4) is 0 Å². The Hall–Kier alpha value is -4.18. The first-order valence-electron chi connectivity index (χ1n) is 10.9. The minimum Gasteiger partial charge on any atom is -0.326 e. The molecule has 0 bridgehead atoms. The second-order valence-electron chi connectivity index (χ2n) is 8.14. The van der Waals surface area contributed by atoms with Crippen LogP contribution in [0.3, 0.4) is 0 Å². The van der Waals surface area contributed by atoms with Gasteiger partial charge in [-0.05, 0) is 61.4 Å². The van der Waals surface area contributed by atoms with Gasteiger partial charge >= 0.3 is 0 Å². The van der Waals surface area contributed by atoms with E-state index in [4.69, 9.17) is 0 Å². The molecule has 4 aromatic rings. The highest BCUT2D eigenvalue weighted by Crippen LogP contribution is 2.24. The van der Waals surface area contributed by atoms with Gasteiger partial charge in [-0.2, -0.15) is 0 Å². The van der Waals surface area contributed by atoms with Crippen molar-refractivity contribution in [3.05, 3.63) is 98.6 Å². The van der Waals surface area contributed by atoms with Gasteiger partial charge in [-0.15, -0.1) is 0 Å². The Morgan fingerprint density at radius 3 is 2.17 bits per heavy atom. The van der Waals surface area contributed by atoms with Gasteiger partial charge in [0.15, 0.2) is 0 Å². The third-order valence-electron chi connectivity index (χ3n) is 5.61. The van der Waals surface area contributed by atoms with Gasteiger partial charge < -0.3 is 5.32 Å². The zero-order chi connectivity index (χ0) is 25.2. The summed E-state index contributed by atoms with van der Waals surface area (Å²) in [5.74, 6) is -0.393. The molecule has 0 spiro atoms. The van der Waals surface area contributed by atoms with Gasteiger partial charge in [0.05, 0.1) is 27.9 Å². The lowest BCUT2D eigenvalue weighted by Crippen LogP contribution is -2.31. The van der Waals surface area contributed by atoms with Crippen LogP contribution < -0.4 is 21.2 Å².